The van der Waals surface area contributed by atoms with Crippen LogP contribution in [-0.4, -0.2) is 53.3 Å². The summed E-state index contributed by atoms with van der Waals surface area (Å²) in [6.07, 6.45) is 0.702. The highest BCUT2D eigenvalue weighted by Gasteiger charge is 2.20. The van der Waals surface area contributed by atoms with Gasteiger partial charge in [0.2, 0.25) is 0 Å². The molecule has 0 amide bonds. The van der Waals surface area contributed by atoms with E-state index in [0.29, 0.717) is 25.3 Å². The zero-order chi connectivity index (χ0) is 15.1. The minimum atomic E-state index is -2.87. The molecule has 6 heteroatoms. The lowest BCUT2D eigenvalue weighted by molar-refractivity contribution is 0.199. The van der Waals surface area contributed by atoms with Crippen molar-refractivity contribution in [2.75, 3.05) is 49.8 Å². The van der Waals surface area contributed by atoms with Gasteiger partial charge in [-0.25, -0.2) is 8.42 Å². The van der Waals surface area contributed by atoms with Crippen LogP contribution in [0.2, 0.25) is 0 Å². The Kier molecular flexibility index (Phi) is 6.02. The van der Waals surface area contributed by atoms with E-state index in [2.05, 4.69) is 22.3 Å². The summed E-state index contributed by atoms with van der Waals surface area (Å²) in [4.78, 5) is 2.19. The Balaban J connectivity index is 2.04. The van der Waals surface area contributed by atoms with Crippen molar-refractivity contribution in [3.05, 3.63) is 29.8 Å². The first kappa shape index (κ1) is 16.3. The topological polar surface area (TPSA) is 58.6 Å². The molecule has 1 aliphatic rings. The molecular formula is C15H24N2O3S. The largest absolute Gasteiger partial charge is 0.383 e. The molecule has 1 N–H and O–H groups in total. The van der Waals surface area contributed by atoms with Gasteiger partial charge in [0, 0.05) is 39.0 Å². The average molecular weight is 312 g/mol. The first-order valence-electron chi connectivity index (χ1n) is 7.35. The summed E-state index contributed by atoms with van der Waals surface area (Å²) in [5.74, 6) is 0.552. The van der Waals surface area contributed by atoms with Crippen LogP contribution in [0.4, 0.5) is 5.69 Å². The summed E-state index contributed by atoms with van der Waals surface area (Å²) in [6, 6.07) is 8.19. The third-order valence-corrected chi connectivity index (χ3v) is 5.40. The molecule has 1 aromatic rings. The van der Waals surface area contributed by atoms with Crippen LogP contribution in [0.5, 0.6) is 0 Å². The summed E-state index contributed by atoms with van der Waals surface area (Å²) in [5.41, 5.74) is 2.34. The lowest BCUT2D eigenvalue weighted by atomic mass is 10.1. The van der Waals surface area contributed by atoms with Crippen molar-refractivity contribution in [1.29, 1.82) is 0 Å². The zero-order valence-electron chi connectivity index (χ0n) is 12.5. The molecule has 1 aromatic carbocycles. The predicted molar refractivity (Wildman–Crippen MR) is 85.5 cm³/mol. The van der Waals surface area contributed by atoms with Crippen LogP contribution in [0, 0.1) is 0 Å². The zero-order valence-corrected chi connectivity index (χ0v) is 13.4. The summed E-state index contributed by atoms with van der Waals surface area (Å²) in [6.45, 7) is 3.64. The van der Waals surface area contributed by atoms with E-state index < -0.39 is 9.84 Å². The van der Waals surface area contributed by atoms with Crippen LogP contribution in [0.15, 0.2) is 24.3 Å². The molecule has 21 heavy (non-hydrogen) atoms. The van der Waals surface area contributed by atoms with Crippen LogP contribution < -0.4 is 10.2 Å². The molecule has 0 atom stereocenters. The van der Waals surface area contributed by atoms with Gasteiger partial charge in [0.25, 0.3) is 0 Å². The second-order valence-electron chi connectivity index (χ2n) is 5.29. The van der Waals surface area contributed by atoms with Gasteiger partial charge in [0.05, 0.1) is 18.1 Å². The van der Waals surface area contributed by atoms with Gasteiger partial charge in [-0.1, -0.05) is 18.2 Å². The van der Waals surface area contributed by atoms with Gasteiger partial charge >= 0.3 is 0 Å². The van der Waals surface area contributed by atoms with Gasteiger partial charge in [-0.3, -0.25) is 0 Å². The van der Waals surface area contributed by atoms with Gasteiger partial charge < -0.3 is 15.0 Å². The Hall–Kier alpha value is -1.11. The molecule has 1 fully saturated rings. The SMILES string of the molecule is COCCNCc1ccccc1N1CCCS(=O)(=O)CC1. The van der Waals surface area contributed by atoms with E-state index in [1.54, 1.807) is 7.11 Å². The van der Waals surface area contributed by atoms with Crippen LogP contribution in [0.1, 0.15) is 12.0 Å². The Morgan fingerprint density at radius 3 is 2.86 bits per heavy atom. The van der Waals surface area contributed by atoms with Crippen molar-refractivity contribution in [3.63, 3.8) is 0 Å². The Bertz CT molecular complexity index is 546. The van der Waals surface area contributed by atoms with Crippen molar-refractivity contribution in [1.82, 2.24) is 5.32 Å². The molecule has 0 radical (unpaired) electrons. The van der Waals surface area contributed by atoms with Gasteiger partial charge in [-0.2, -0.15) is 0 Å². The fourth-order valence-corrected chi connectivity index (χ4v) is 3.82. The second-order valence-corrected chi connectivity index (χ2v) is 7.59. The van der Waals surface area contributed by atoms with Crippen LogP contribution >= 0.6 is 0 Å². The monoisotopic (exact) mass is 312 g/mol. The number of nitrogens with one attached hydrogen (secondary N) is 1. The summed E-state index contributed by atoms with van der Waals surface area (Å²) in [7, 11) is -1.18. The number of nitrogens with zero attached hydrogens (tertiary/aromatic N) is 1. The van der Waals surface area contributed by atoms with Gasteiger partial charge in [0.1, 0.15) is 0 Å². The van der Waals surface area contributed by atoms with E-state index in [-0.39, 0.29) is 5.75 Å². The molecule has 1 saturated heterocycles. The first-order chi connectivity index (χ1) is 10.1. The van der Waals surface area contributed by atoms with Crippen molar-refractivity contribution in [2.45, 2.75) is 13.0 Å². The van der Waals surface area contributed by atoms with E-state index >= 15 is 0 Å². The maximum absolute atomic E-state index is 11.7. The molecule has 0 unspecified atom stereocenters. The number of ether oxygens (including phenoxy) is 1. The third kappa shape index (κ3) is 4.98. The molecule has 0 aliphatic carbocycles. The maximum atomic E-state index is 11.7. The number of para-hydroxylation sites is 1. The highest BCUT2D eigenvalue weighted by Crippen LogP contribution is 2.22. The standard InChI is InChI=1S/C15H24N2O3S/c1-20-10-7-16-13-14-5-2-3-6-15(14)17-8-4-11-21(18,19)12-9-17/h2-3,5-6,16H,4,7-13H2,1H3. The molecule has 0 bridgehead atoms. The molecule has 1 aliphatic heterocycles. The molecule has 2 rings (SSSR count). The number of hydrogen-bond acceptors (Lipinski definition) is 5. The number of anilines is 1. The fourth-order valence-electron chi connectivity index (χ4n) is 2.55. The predicted octanol–water partition coefficient (Wildman–Crippen LogP) is 1.05. The molecule has 5 nitrogen and oxygen atoms in total. The molecule has 118 valence electrons. The normalized spacial score (nSPS) is 18.4. The van der Waals surface area contributed by atoms with E-state index in [1.165, 1.54) is 5.56 Å². The highest BCUT2D eigenvalue weighted by molar-refractivity contribution is 7.91. The molecule has 1 heterocycles. The summed E-state index contributed by atoms with van der Waals surface area (Å²) < 4.78 is 28.5. The second kappa shape index (κ2) is 7.77. The molecule has 0 aromatic heterocycles. The van der Waals surface area contributed by atoms with Crippen molar-refractivity contribution < 1.29 is 13.2 Å². The fraction of sp³-hybridized carbons (Fsp3) is 0.600. The lowest BCUT2D eigenvalue weighted by Crippen LogP contribution is -2.28. The molecule has 0 spiro atoms. The van der Waals surface area contributed by atoms with Crippen molar-refractivity contribution in [3.8, 4) is 0 Å². The van der Waals surface area contributed by atoms with Gasteiger partial charge in [-0.05, 0) is 18.1 Å². The number of methoxy groups -OCH3 is 1. The van der Waals surface area contributed by atoms with E-state index in [4.69, 9.17) is 4.74 Å². The number of rotatable bonds is 6. The highest BCUT2D eigenvalue weighted by atomic mass is 32.2. The summed E-state index contributed by atoms with van der Waals surface area (Å²) in [5, 5.41) is 3.34. The summed E-state index contributed by atoms with van der Waals surface area (Å²) >= 11 is 0. The van der Waals surface area contributed by atoms with E-state index in [1.807, 2.05) is 12.1 Å². The Morgan fingerprint density at radius 1 is 1.24 bits per heavy atom. The van der Waals surface area contributed by atoms with Crippen molar-refractivity contribution in [2.24, 2.45) is 0 Å². The minimum Gasteiger partial charge on any atom is -0.383 e. The Labute approximate surface area is 127 Å². The number of sulfone groups is 1. The quantitative estimate of drug-likeness (QED) is 0.796. The molecular weight excluding hydrogens is 288 g/mol. The third-order valence-electron chi connectivity index (χ3n) is 3.69. The average Bonchev–Trinajstić information content (AvgIpc) is 2.65. The van der Waals surface area contributed by atoms with Crippen LogP contribution in [0.3, 0.4) is 0 Å². The van der Waals surface area contributed by atoms with Gasteiger partial charge in [0.15, 0.2) is 9.84 Å². The smallest absolute Gasteiger partial charge is 0.152 e. The number of benzene rings is 1. The first-order valence-corrected chi connectivity index (χ1v) is 9.17. The van der Waals surface area contributed by atoms with Gasteiger partial charge in [-0.15, -0.1) is 0 Å². The van der Waals surface area contributed by atoms with Crippen LogP contribution in [-0.2, 0) is 21.1 Å². The maximum Gasteiger partial charge on any atom is 0.152 e. The van der Waals surface area contributed by atoms with E-state index in [9.17, 15) is 8.42 Å². The lowest BCUT2D eigenvalue weighted by Gasteiger charge is -2.25. The Morgan fingerprint density at radius 2 is 2.05 bits per heavy atom. The van der Waals surface area contributed by atoms with E-state index in [0.717, 1.165) is 25.3 Å². The van der Waals surface area contributed by atoms with Crippen LogP contribution in [0.25, 0.3) is 0 Å². The van der Waals surface area contributed by atoms with Crippen molar-refractivity contribution >= 4 is 15.5 Å². The number of hydrogen-bond donors (Lipinski definition) is 1. The minimum absolute atomic E-state index is 0.248. The molecule has 0 saturated carbocycles.